The average molecular weight is 526 g/mol. The zero-order chi connectivity index (χ0) is 27.3. The fourth-order valence-corrected chi connectivity index (χ4v) is 4.50. The van der Waals surface area contributed by atoms with Crippen molar-refractivity contribution in [3.05, 3.63) is 83.3 Å². The van der Waals surface area contributed by atoms with Gasteiger partial charge in [0.2, 0.25) is 5.88 Å². The number of carbonyl (C=O) groups is 1. The summed E-state index contributed by atoms with van der Waals surface area (Å²) in [5.74, 6) is -3.38. The van der Waals surface area contributed by atoms with Gasteiger partial charge in [0.25, 0.3) is 11.8 Å². The van der Waals surface area contributed by atoms with Gasteiger partial charge in [-0.15, -0.1) is 0 Å². The first-order valence-electron chi connectivity index (χ1n) is 12.4. The fraction of sp³-hybridized carbons (Fsp3) is 0.345. The molecule has 1 saturated heterocycles. The second-order valence-corrected chi connectivity index (χ2v) is 9.24. The van der Waals surface area contributed by atoms with Crippen LogP contribution in [0.25, 0.3) is 11.1 Å². The number of halogens is 3. The van der Waals surface area contributed by atoms with Crippen LogP contribution in [-0.4, -0.2) is 42.4 Å². The summed E-state index contributed by atoms with van der Waals surface area (Å²) in [6.07, 6.45) is 5.67. The van der Waals surface area contributed by atoms with Gasteiger partial charge in [0.05, 0.1) is 30.5 Å². The predicted molar refractivity (Wildman–Crippen MR) is 140 cm³/mol. The Kier molecular flexibility index (Phi) is 8.16. The van der Waals surface area contributed by atoms with Gasteiger partial charge in [-0.2, -0.15) is 8.78 Å². The lowest BCUT2D eigenvalue weighted by molar-refractivity contribution is 0.0519. The highest BCUT2D eigenvalue weighted by molar-refractivity contribution is 6.04. The molecule has 1 aliphatic rings. The van der Waals surface area contributed by atoms with E-state index in [1.54, 1.807) is 12.3 Å². The van der Waals surface area contributed by atoms with Gasteiger partial charge in [-0.3, -0.25) is 14.2 Å². The van der Waals surface area contributed by atoms with E-state index >= 15 is 0 Å². The minimum atomic E-state index is -3.19. The number of hydrogen-bond donors (Lipinski definition) is 1. The normalized spacial score (nSPS) is 17.6. The van der Waals surface area contributed by atoms with Crippen LogP contribution in [0.4, 0.5) is 18.9 Å². The van der Waals surface area contributed by atoms with Crippen molar-refractivity contribution in [2.45, 2.75) is 38.5 Å². The third kappa shape index (κ3) is 5.57. The van der Waals surface area contributed by atoms with Crippen molar-refractivity contribution in [3.8, 4) is 17.0 Å². The molecule has 3 heterocycles. The van der Waals surface area contributed by atoms with Crippen molar-refractivity contribution in [1.82, 2.24) is 9.97 Å². The Morgan fingerprint density at radius 1 is 1.24 bits per heavy atom. The van der Waals surface area contributed by atoms with Gasteiger partial charge in [0.1, 0.15) is 6.67 Å². The molecule has 6 nitrogen and oxygen atoms in total. The van der Waals surface area contributed by atoms with Gasteiger partial charge in [-0.25, -0.2) is 4.98 Å². The molecule has 0 spiro atoms. The lowest BCUT2D eigenvalue weighted by Gasteiger charge is -2.26. The molecule has 38 heavy (non-hydrogen) atoms. The van der Waals surface area contributed by atoms with Crippen molar-refractivity contribution < 1.29 is 27.4 Å². The number of alkyl halides is 3. The first-order chi connectivity index (χ1) is 18.2. The number of nitrogens with one attached hydrogen (secondary N) is 1. The fourth-order valence-electron chi connectivity index (χ4n) is 4.50. The summed E-state index contributed by atoms with van der Waals surface area (Å²) in [5, 5.41) is 2.74. The molecule has 1 unspecified atom stereocenters. The molecule has 0 aliphatic carbocycles. The first-order valence-corrected chi connectivity index (χ1v) is 12.4. The van der Waals surface area contributed by atoms with E-state index in [2.05, 4.69) is 15.3 Å². The van der Waals surface area contributed by atoms with Crippen molar-refractivity contribution >= 4 is 11.6 Å². The number of rotatable bonds is 9. The molecule has 1 fully saturated rings. The molecular weight excluding hydrogens is 495 g/mol. The molecule has 0 saturated carbocycles. The van der Waals surface area contributed by atoms with Crippen LogP contribution in [0, 0.1) is 6.92 Å². The van der Waals surface area contributed by atoms with Crippen LogP contribution in [-0.2, 0) is 16.1 Å². The molecule has 200 valence electrons. The van der Waals surface area contributed by atoms with Gasteiger partial charge in [0, 0.05) is 46.3 Å². The lowest BCUT2D eigenvalue weighted by atomic mass is 9.80. The number of allylic oxidation sites excluding steroid dienone is 2. The predicted octanol–water partition coefficient (Wildman–Crippen LogP) is 6.40. The van der Waals surface area contributed by atoms with Gasteiger partial charge in [-0.1, -0.05) is 18.2 Å². The van der Waals surface area contributed by atoms with E-state index in [1.807, 2.05) is 19.9 Å². The van der Waals surface area contributed by atoms with E-state index in [9.17, 15) is 18.0 Å². The number of pyridine rings is 2. The van der Waals surface area contributed by atoms with Gasteiger partial charge in [0.15, 0.2) is 0 Å². The molecule has 0 bridgehead atoms. The zero-order valence-corrected chi connectivity index (χ0v) is 21.6. The van der Waals surface area contributed by atoms with Crippen LogP contribution in [0.1, 0.15) is 47.4 Å². The Morgan fingerprint density at radius 3 is 2.74 bits per heavy atom. The molecular formula is C29H30F3N3O3. The van der Waals surface area contributed by atoms with E-state index in [0.29, 0.717) is 53.6 Å². The summed E-state index contributed by atoms with van der Waals surface area (Å²) in [4.78, 5) is 21.8. The van der Waals surface area contributed by atoms with E-state index in [0.717, 1.165) is 6.08 Å². The highest BCUT2D eigenvalue weighted by Gasteiger charge is 2.40. The number of carbonyl (C=O) groups excluding carboxylic acids is 1. The maximum Gasteiger partial charge on any atom is 0.291 e. The highest BCUT2D eigenvalue weighted by atomic mass is 19.3. The zero-order valence-electron chi connectivity index (χ0n) is 21.6. The maximum absolute atomic E-state index is 14.3. The summed E-state index contributed by atoms with van der Waals surface area (Å²) in [6.45, 7) is 5.61. The summed E-state index contributed by atoms with van der Waals surface area (Å²) >= 11 is 0. The molecule has 1 atom stereocenters. The number of amides is 1. The van der Waals surface area contributed by atoms with Gasteiger partial charge in [-0.05, 0) is 57.5 Å². The standard InChI is InChI=1S/C29H30F3N3O3/c1-4-9-29(31,32)22-8-6-7-20(12-22)26(36)35-23-14-24(19(3)33-16-23)21-13-25(27(34-15-21)38-5-2)28(17-30)10-11-37-18-28/h4,6-9,12-16H,5,10-11,17-18H2,1-3H3,(H,35,36)/b9-4+. The van der Waals surface area contributed by atoms with E-state index in [4.69, 9.17) is 9.47 Å². The molecule has 1 aliphatic heterocycles. The summed E-state index contributed by atoms with van der Waals surface area (Å²) in [6, 6.07) is 8.90. The molecule has 1 N–H and O–H groups in total. The summed E-state index contributed by atoms with van der Waals surface area (Å²) in [5.41, 5.74) is 2.00. The van der Waals surface area contributed by atoms with Crippen molar-refractivity contribution in [2.24, 2.45) is 0 Å². The number of benzene rings is 1. The summed E-state index contributed by atoms with van der Waals surface area (Å²) in [7, 11) is 0. The van der Waals surface area contributed by atoms with E-state index < -0.39 is 23.9 Å². The average Bonchev–Trinajstić information content (AvgIpc) is 3.41. The highest BCUT2D eigenvalue weighted by Crippen LogP contribution is 2.40. The van der Waals surface area contributed by atoms with Crippen LogP contribution in [0.2, 0.25) is 0 Å². The van der Waals surface area contributed by atoms with Gasteiger partial charge >= 0.3 is 0 Å². The first kappa shape index (κ1) is 27.3. The Balaban J connectivity index is 1.66. The maximum atomic E-state index is 14.3. The second-order valence-electron chi connectivity index (χ2n) is 9.24. The largest absolute Gasteiger partial charge is 0.478 e. The Bertz CT molecular complexity index is 1340. The number of nitrogens with zero attached hydrogens (tertiary/aromatic N) is 2. The monoisotopic (exact) mass is 525 g/mol. The quantitative estimate of drug-likeness (QED) is 0.328. The van der Waals surface area contributed by atoms with Crippen molar-refractivity contribution in [1.29, 1.82) is 0 Å². The van der Waals surface area contributed by atoms with Gasteiger partial charge < -0.3 is 14.8 Å². The Hall–Kier alpha value is -3.72. The van der Waals surface area contributed by atoms with E-state index in [-0.39, 0.29) is 17.7 Å². The van der Waals surface area contributed by atoms with Crippen LogP contribution >= 0.6 is 0 Å². The second kappa shape index (κ2) is 11.3. The number of aryl methyl sites for hydroxylation is 1. The van der Waals surface area contributed by atoms with Crippen molar-refractivity contribution in [2.75, 3.05) is 31.8 Å². The van der Waals surface area contributed by atoms with Crippen LogP contribution in [0.15, 0.2) is 60.9 Å². The molecule has 3 aromatic rings. The Morgan fingerprint density at radius 2 is 2.05 bits per heavy atom. The minimum absolute atomic E-state index is 0.0879. The van der Waals surface area contributed by atoms with Crippen LogP contribution in [0.5, 0.6) is 5.88 Å². The summed E-state index contributed by atoms with van der Waals surface area (Å²) < 4.78 is 54.2. The number of anilines is 1. The third-order valence-electron chi connectivity index (χ3n) is 6.60. The lowest BCUT2D eigenvalue weighted by Crippen LogP contribution is -2.30. The molecule has 9 heteroatoms. The minimum Gasteiger partial charge on any atom is -0.478 e. The van der Waals surface area contributed by atoms with Crippen molar-refractivity contribution in [3.63, 3.8) is 0 Å². The van der Waals surface area contributed by atoms with E-state index in [1.165, 1.54) is 43.5 Å². The number of hydrogen-bond acceptors (Lipinski definition) is 5. The molecule has 1 aromatic carbocycles. The topological polar surface area (TPSA) is 73.3 Å². The smallest absolute Gasteiger partial charge is 0.291 e. The molecule has 1 amide bonds. The van der Waals surface area contributed by atoms with Crippen LogP contribution < -0.4 is 10.1 Å². The molecule has 0 radical (unpaired) electrons. The molecule has 4 rings (SSSR count). The Labute approximate surface area is 219 Å². The SMILES string of the molecule is C/C=C/C(F)(F)c1cccc(C(=O)Nc2cnc(C)c(-c3cnc(OCC)c(C4(CF)CCOC4)c3)c2)c1. The number of aromatic nitrogens is 2. The third-order valence-corrected chi connectivity index (χ3v) is 6.60. The number of ether oxygens (including phenoxy) is 2. The van der Waals surface area contributed by atoms with Crippen LogP contribution in [0.3, 0.4) is 0 Å². The molecule has 2 aromatic heterocycles.